The van der Waals surface area contributed by atoms with E-state index in [1.165, 1.54) is 10.9 Å². The van der Waals surface area contributed by atoms with Crippen LogP contribution in [0.3, 0.4) is 0 Å². The molecule has 3 heterocycles. The van der Waals surface area contributed by atoms with Crippen LogP contribution in [0.5, 0.6) is 0 Å². The van der Waals surface area contributed by atoms with Crippen molar-refractivity contribution in [3.8, 4) is 0 Å². The molecule has 0 atom stereocenters. The van der Waals surface area contributed by atoms with Gasteiger partial charge in [-0.3, -0.25) is 19.6 Å². The van der Waals surface area contributed by atoms with E-state index in [1.807, 2.05) is 0 Å². The van der Waals surface area contributed by atoms with Crippen LogP contribution in [-0.2, 0) is 16.1 Å². The Morgan fingerprint density at radius 1 is 1.38 bits per heavy atom. The number of nitrogen functional groups attached to an aromatic ring is 1. The normalized spacial score (nSPS) is 20.5. The van der Waals surface area contributed by atoms with Crippen molar-refractivity contribution >= 4 is 23.5 Å². The van der Waals surface area contributed by atoms with Crippen molar-refractivity contribution in [3.63, 3.8) is 0 Å². The molecule has 0 bridgehead atoms. The Morgan fingerprint density at radius 3 is 2.62 bits per heavy atom. The summed E-state index contributed by atoms with van der Waals surface area (Å²) in [5.74, 6) is -0.392. The molecular formula is C12H16N6O3. The molecule has 9 heteroatoms. The lowest BCUT2D eigenvalue weighted by Crippen LogP contribution is -2.56. The first-order chi connectivity index (χ1) is 9.98. The van der Waals surface area contributed by atoms with Crippen molar-refractivity contribution < 1.29 is 14.4 Å². The van der Waals surface area contributed by atoms with Gasteiger partial charge in [0.1, 0.15) is 12.1 Å². The Hall–Kier alpha value is -2.58. The van der Waals surface area contributed by atoms with Crippen LogP contribution in [0.2, 0.25) is 0 Å². The fourth-order valence-electron chi connectivity index (χ4n) is 2.72. The third-order valence-corrected chi connectivity index (χ3v) is 3.93. The average Bonchev–Trinajstić information content (AvgIpc) is 2.95. The third kappa shape index (κ3) is 2.41. The summed E-state index contributed by atoms with van der Waals surface area (Å²) in [7, 11) is 0. The molecule has 1 aromatic rings. The fraction of sp³-hybridized carbons (Fsp3) is 0.500. The quantitative estimate of drug-likeness (QED) is 0.583. The van der Waals surface area contributed by atoms with Crippen molar-refractivity contribution in [3.05, 3.63) is 12.4 Å². The molecule has 4 amide bonds. The molecule has 4 N–H and O–H groups in total. The number of carbonyl (C=O) groups excluding carboxylic acids is 3. The van der Waals surface area contributed by atoms with Crippen molar-refractivity contribution in [2.45, 2.75) is 24.9 Å². The van der Waals surface area contributed by atoms with Gasteiger partial charge in [-0.2, -0.15) is 5.10 Å². The fourth-order valence-corrected chi connectivity index (χ4v) is 2.72. The van der Waals surface area contributed by atoms with Gasteiger partial charge in [0.25, 0.3) is 5.91 Å². The van der Waals surface area contributed by atoms with Crippen LogP contribution in [-0.4, -0.2) is 51.2 Å². The number of piperidine rings is 1. The summed E-state index contributed by atoms with van der Waals surface area (Å²) >= 11 is 0. The molecule has 0 unspecified atom stereocenters. The maximum absolute atomic E-state index is 12.2. The maximum Gasteiger partial charge on any atom is 0.322 e. The van der Waals surface area contributed by atoms with Gasteiger partial charge in [0.2, 0.25) is 5.91 Å². The van der Waals surface area contributed by atoms with Crippen LogP contribution in [0.25, 0.3) is 0 Å². The molecule has 9 nitrogen and oxygen atoms in total. The van der Waals surface area contributed by atoms with E-state index in [1.54, 1.807) is 11.1 Å². The van der Waals surface area contributed by atoms with E-state index < -0.39 is 11.6 Å². The zero-order chi connectivity index (χ0) is 15.0. The van der Waals surface area contributed by atoms with Crippen molar-refractivity contribution in [1.82, 2.24) is 25.3 Å². The van der Waals surface area contributed by atoms with Gasteiger partial charge in [-0.25, -0.2) is 4.79 Å². The predicted octanol–water partition coefficient (Wildman–Crippen LogP) is -1.33. The SMILES string of the molecule is Nc1cnn(CC(=O)N2CCC3(CC2)NC(=O)NC3=O)c1. The van der Waals surface area contributed by atoms with Gasteiger partial charge in [0.05, 0.1) is 11.9 Å². The molecule has 0 saturated carbocycles. The van der Waals surface area contributed by atoms with Crippen molar-refractivity contribution in [1.29, 1.82) is 0 Å². The summed E-state index contributed by atoms with van der Waals surface area (Å²) in [5, 5.41) is 8.87. The number of nitrogens with zero attached hydrogens (tertiary/aromatic N) is 3. The number of urea groups is 1. The van der Waals surface area contributed by atoms with Crippen LogP contribution < -0.4 is 16.4 Å². The van der Waals surface area contributed by atoms with E-state index in [4.69, 9.17) is 5.73 Å². The number of rotatable bonds is 2. The van der Waals surface area contributed by atoms with Gasteiger partial charge in [-0.1, -0.05) is 0 Å². The zero-order valence-corrected chi connectivity index (χ0v) is 11.3. The first kappa shape index (κ1) is 13.4. The number of imide groups is 1. The van der Waals surface area contributed by atoms with Crippen LogP contribution >= 0.6 is 0 Å². The lowest BCUT2D eigenvalue weighted by molar-refractivity contribution is -0.136. The molecule has 112 valence electrons. The van der Waals surface area contributed by atoms with Gasteiger partial charge in [0, 0.05) is 19.3 Å². The summed E-state index contributed by atoms with van der Waals surface area (Å²) in [4.78, 5) is 36.9. The van der Waals surface area contributed by atoms with E-state index in [2.05, 4.69) is 15.7 Å². The minimum atomic E-state index is -0.857. The smallest absolute Gasteiger partial charge is 0.322 e. The molecule has 1 aromatic heterocycles. The monoisotopic (exact) mass is 292 g/mol. The molecule has 1 spiro atoms. The number of carbonyl (C=O) groups is 3. The predicted molar refractivity (Wildman–Crippen MR) is 71.9 cm³/mol. The minimum absolute atomic E-state index is 0.0855. The first-order valence-corrected chi connectivity index (χ1v) is 6.68. The van der Waals surface area contributed by atoms with Gasteiger partial charge in [-0.15, -0.1) is 0 Å². The Labute approximate surface area is 120 Å². The standard InChI is InChI=1S/C12H16N6O3/c13-8-5-14-18(6-8)7-9(19)17-3-1-12(2-4-17)10(20)15-11(21)16-12/h5-6H,1-4,7,13H2,(H2,15,16,20,21). The summed E-state index contributed by atoms with van der Waals surface area (Å²) < 4.78 is 1.48. The number of amides is 4. The average molecular weight is 292 g/mol. The second kappa shape index (κ2) is 4.76. The number of hydrogen-bond acceptors (Lipinski definition) is 5. The molecule has 21 heavy (non-hydrogen) atoms. The molecular weight excluding hydrogens is 276 g/mol. The zero-order valence-electron chi connectivity index (χ0n) is 11.3. The van der Waals surface area contributed by atoms with E-state index >= 15 is 0 Å². The Balaban J connectivity index is 1.59. The Morgan fingerprint density at radius 2 is 2.10 bits per heavy atom. The highest BCUT2D eigenvalue weighted by Gasteiger charge is 2.48. The second-order valence-electron chi connectivity index (χ2n) is 5.34. The highest BCUT2D eigenvalue weighted by Crippen LogP contribution is 2.25. The highest BCUT2D eigenvalue weighted by atomic mass is 16.2. The number of likely N-dealkylation sites (tertiary alicyclic amines) is 1. The van der Waals surface area contributed by atoms with E-state index in [0.717, 1.165) is 0 Å². The first-order valence-electron chi connectivity index (χ1n) is 6.68. The third-order valence-electron chi connectivity index (χ3n) is 3.93. The van der Waals surface area contributed by atoms with Crippen molar-refractivity contribution in [2.24, 2.45) is 0 Å². The number of nitrogens with one attached hydrogen (secondary N) is 2. The Kier molecular flexibility index (Phi) is 3.04. The summed E-state index contributed by atoms with van der Waals surface area (Å²) in [6.07, 6.45) is 3.90. The van der Waals surface area contributed by atoms with E-state index in [9.17, 15) is 14.4 Å². The summed E-state index contributed by atoms with van der Waals surface area (Å²) in [6, 6.07) is -0.466. The molecule has 2 aliphatic rings. The van der Waals surface area contributed by atoms with E-state index in [-0.39, 0.29) is 18.4 Å². The number of hydrogen-bond donors (Lipinski definition) is 3. The van der Waals surface area contributed by atoms with E-state index in [0.29, 0.717) is 31.6 Å². The molecule has 0 aromatic carbocycles. The second-order valence-corrected chi connectivity index (χ2v) is 5.34. The summed E-state index contributed by atoms with van der Waals surface area (Å²) in [5.41, 5.74) is 5.19. The lowest BCUT2D eigenvalue weighted by atomic mass is 9.88. The minimum Gasteiger partial charge on any atom is -0.396 e. The largest absolute Gasteiger partial charge is 0.396 e. The van der Waals surface area contributed by atoms with Crippen molar-refractivity contribution in [2.75, 3.05) is 18.8 Å². The van der Waals surface area contributed by atoms with Gasteiger partial charge in [-0.05, 0) is 12.8 Å². The topological polar surface area (TPSA) is 122 Å². The number of nitrogens with two attached hydrogens (primary N) is 1. The molecule has 2 saturated heterocycles. The number of anilines is 1. The molecule has 3 rings (SSSR count). The van der Waals surface area contributed by atoms with Gasteiger partial charge >= 0.3 is 6.03 Å². The Bertz CT molecular complexity index is 602. The molecule has 0 aliphatic carbocycles. The van der Waals surface area contributed by atoms with Crippen LogP contribution in [0.1, 0.15) is 12.8 Å². The highest BCUT2D eigenvalue weighted by molar-refractivity contribution is 6.07. The van der Waals surface area contributed by atoms with Crippen LogP contribution in [0.15, 0.2) is 12.4 Å². The number of aromatic nitrogens is 2. The summed E-state index contributed by atoms with van der Waals surface area (Å²) in [6.45, 7) is 0.954. The lowest BCUT2D eigenvalue weighted by Gasteiger charge is -2.36. The molecule has 0 radical (unpaired) electrons. The van der Waals surface area contributed by atoms with Crippen LogP contribution in [0.4, 0.5) is 10.5 Å². The van der Waals surface area contributed by atoms with Crippen LogP contribution in [0, 0.1) is 0 Å². The van der Waals surface area contributed by atoms with Gasteiger partial charge < -0.3 is 16.0 Å². The molecule has 2 aliphatic heterocycles. The maximum atomic E-state index is 12.2. The molecule has 2 fully saturated rings. The van der Waals surface area contributed by atoms with Gasteiger partial charge in [0.15, 0.2) is 0 Å².